The van der Waals surface area contributed by atoms with E-state index in [1.807, 2.05) is 4.90 Å². The van der Waals surface area contributed by atoms with Gasteiger partial charge in [-0.05, 0) is 12.8 Å². The first-order valence-corrected chi connectivity index (χ1v) is 5.43. The smallest absolute Gasteiger partial charge is 0.308 e. The number of nitrogens with two attached hydrogens (primary N) is 1. The van der Waals surface area contributed by atoms with Crippen molar-refractivity contribution in [1.29, 1.82) is 0 Å². The number of carboxylic acid groups (broad SMARTS) is 1. The monoisotopic (exact) mass is 238 g/mol. The molecule has 0 spiro atoms. The SMILES string of the molecule is Nc1nc(N2CCCC2)[nH]c(=O)c1CC(=O)O. The number of nitrogen functional groups attached to an aromatic ring is 1. The maximum atomic E-state index is 11.7. The Kier molecular flexibility index (Phi) is 2.99. The second kappa shape index (κ2) is 4.44. The van der Waals surface area contributed by atoms with E-state index in [2.05, 4.69) is 9.97 Å². The number of nitrogens with zero attached hydrogens (tertiary/aromatic N) is 2. The summed E-state index contributed by atoms with van der Waals surface area (Å²) in [6, 6.07) is 0. The first-order valence-electron chi connectivity index (χ1n) is 5.43. The van der Waals surface area contributed by atoms with Crippen LogP contribution in [-0.4, -0.2) is 34.1 Å². The Hall–Kier alpha value is -2.05. The summed E-state index contributed by atoms with van der Waals surface area (Å²) in [6.07, 6.45) is 1.70. The van der Waals surface area contributed by atoms with Gasteiger partial charge in [0, 0.05) is 13.1 Å². The highest BCUT2D eigenvalue weighted by molar-refractivity contribution is 5.72. The van der Waals surface area contributed by atoms with Gasteiger partial charge in [-0.15, -0.1) is 0 Å². The molecule has 1 fully saturated rings. The summed E-state index contributed by atoms with van der Waals surface area (Å²) in [5.41, 5.74) is 5.16. The minimum Gasteiger partial charge on any atom is -0.481 e. The van der Waals surface area contributed by atoms with Gasteiger partial charge >= 0.3 is 5.97 Å². The number of aromatic amines is 1. The number of carbonyl (C=O) groups is 1. The second-order valence-electron chi connectivity index (χ2n) is 4.02. The molecular weight excluding hydrogens is 224 g/mol. The lowest BCUT2D eigenvalue weighted by Crippen LogP contribution is -2.27. The Morgan fingerprint density at radius 1 is 1.47 bits per heavy atom. The number of aromatic nitrogens is 2. The van der Waals surface area contributed by atoms with Crippen LogP contribution in [0.15, 0.2) is 4.79 Å². The summed E-state index contributed by atoms with van der Waals surface area (Å²) in [4.78, 5) is 30.8. The number of hydrogen-bond donors (Lipinski definition) is 3. The van der Waals surface area contributed by atoms with Crippen LogP contribution in [0.3, 0.4) is 0 Å². The van der Waals surface area contributed by atoms with Gasteiger partial charge in [0.15, 0.2) is 0 Å². The van der Waals surface area contributed by atoms with Gasteiger partial charge in [0.25, 0.3) is 5.56 Å². The first-order chi connectivity index (χ1) is 8.08. The third-order valence-corrected chi connectivity index (χ3v) is 2.77. The molecule has 0 unspecified atom stereocenters. The molecule has 0 saturated carbocycles. The molecule has 1 aliphatic rings. The van der Waals surface area contributed by atoms with Gasteiger partial charge in [-0.2, -0.15) is 4.98 Å². The van der Waals surface area contributed by atoms with Gasteiger partial charge in [-0.3, -0.25) is 14.6 Å². The van der Waals surface area contributed by atoms with Crippen molar-refractivity contribution in [2.75, 3.05) is 23.7 Å². The zero-order valence-corrected chi connectivity index (χ0v) is 9.27. The van der Waals surface area contributed by atoms with Crippen molar-refractivity contribution >= 4 is 17.7 Å². The molecule has 7 heteroatoms. The molecule has 0 radical (unpaired) electrons. The molecule has 4 N–H and O–H groups in total. The summed E-state index contributed by atoms with van der Waals surface area (Å²) in [5, 5.41) is 8.65. The van der Waals surface area contributed by atoms with Crippen molar-refractivity contribution in [2.24, 2.45) is 0 Å². The fraction of sp³-hybridized carbons (Fsp3) is 0.500. The van der Waals surface area contributed by atoms with E-state index in [1.54, 1.807) is 0 Å². The number of anilines is 2. The fourth-order valence-corrected chi connectivity index (χ4v) is 1.90. The zero-order valence-electron chi connectivity index (χ0n) is 9.27. The van der Waals surface area contributed by atoms with E-state index in [0.717, 1.165) is 25.9 Å². The van der Waals surface area contributed by atoms with E-state index < -0.39 is 17.9 Å². The molecule has 1 aromatic rings. The predicted octanol–water partition coefficient (Wildman–Crippen LogP) is -0.421. The highest BCUT2D eigenvalue weighted by atomic mass is 16.4. The standard InChI is InChI=1S/C10H14N4O3/c11-8-6(5-7(15)16)9(17)13-10(12-8)14-3-1-2-4-14/h1-5H2,(H,15,16)(H3,11,12,13,17). The summed E-state index contributed by atoms with van der Waals surface area (Å²) < 4.78 is 0. The Bertz CT molecular complexity index is 491. The van der Waals surface area contributed by atoms with Crippen LogP contribution in [0.25, 0.3) is 0 Å². The lowest BCUT2D eigenvalue weighted by Gasteiger charge is -2.16. The molecule has 17 heavy (non-hydrogen) atoms. The first kappa shape index (κ1) is 11.4. The van der Waals surface area contributed by atoms with Crippen molar-refractivity contribution < 1.29 is 9.90 Å². The number of rotatable bonds is 3. The molecule has 1 aliphatic heterocycles. The van der Waals surface area contributed by atoms with Crippen molar-refractivity contribution in [1.82, 2.24) is 9.97 Å². The Morgan fingerprint density at radius 3 is 2.65 bits per heavy atom. The van der Waals surface area contributed by atoms with Crippen LogP contribution < -0.4 is 16.2 Å². The van der Waals surface area contributed by atoms with Gasteiger partial charge in [0.2, 0.25) is 5.95 Å². The normalized spacial score (nSPS) is 15.2. The number of hydrogen-bond acceptors (Lipinski definition) is 5. The zero-order chi connectivity index (χ0) is 12.4. The molecule has 2 rings (SSSR count). The molecule has 0 atom stereocenters. The van der Waals surface area contributed by atoms with E-state index in [0.29, 0.717) is 5.95 Å². The highest BCUT2D eigenvalue weighted by Gasteiger charge is 2.18. The third kappa shape index (κ3) is 2.38. The van der Waals surface area contributed by atoms with E-state index in [1.165, 1.54) is 0 Å². The van der Waals surface area contributed by atoms with E-state index >= 15 is 0 Å². The summed E-state index contributed by atoms with van der Waals surface area (Å²) in [5.74, 6) is -0.671. The third-order valence-electron chi connectivity index (χ3n) is 2.77. The average Bonchev–Trinajstić information content (AvgIpc) is 2.76. The number of H-pyrrole nitrogens is 1. The maximum absolute atomic E-state index is 11.7. The molecule has 7 nitrogen and oxygen atoms in total. The molecule has 2 heterocycles. The molecule has 0 bridgehead atoms. The van der Waals surface area contributed by atoms with Crippen molar-refractivity contribution in [2.45, 2.75) is 19.3 Å². The van der Waals surface area contributed by atoms with Crippen LogP contribution in [0.1, 0.15) is 18.4 Å². The molecular formula is C10H14N4O3. The van der Waals surface area contributed by atoms with E-state index in [-0.39, 0.29) is 11.4 Å². The topological polar surface area (TPSA) is 112 Å². The van der Waals surface area contributed by atoms with Crippen LogP contribution >= 0.6 is 0 Å². The summed E-state index contributed by atoms with van der Waals surface area (Å²) >= 11 is 0. The van der Waals surface area contributed by atoms with Crippen molar-refractivity contribution in [3.8, 4) is 0 Å². The van der Waals surface area contributed by atoms with Crippen LogP contribution in [0, 0.1) is 0 Å². The van der Waals surface area contributed by atoms with E-state index in [9.17, 15) is 9.59 Å². The number of aliphatic carboxylic acids is 1. The summed E-state index contributed by atoms with van der Waals surface area (Å²) in [7, 11) is 0. The number of carboxylic acids is 1. The van der Waals surface area contributed by atoms with Crippen molar-refractivity contribution in [3.05, 3.63) is 15.9 Å². The molecule has 0 aliphatic carbocycles. The van der Waals surface area contributed by atoms with Gasteiger partial charge in [-0.25, -0.2) is 0 Å². The van der Waals surface area contributed by atoms with Crippen molar-refractivity contribution in [3.63, 3.8) is 0 Å². The lowest BCUT2D eigenvalue weighted by atomic mass is 10.2. The molecule has 1 saturated heterocycles. The summed E-state index contributed by atoms with van der Waals surface area (Å²) in [6.45, 7) is 1.67. The second-order valence-corrected chi connectivity index (χ2v) is 4.02. The van der Waals surface area contributed by atoms with Crippen LogP contribution in [0.4, 0.5) is 11.8 Å². The molecule has 1 aromatic heterocycles. The van der Waals surface area contributed by atoms with Gasteiger partial charge in [0.1, 0.15) is 5.82 Å². The van der Waals surface area contributed by atoms with Crippen LogP contribution in [0.2, 0.25) is 0 Å². The minimum absolute atomic E-state index is 0.00181. The Labute approximate surface area is 97.3 Å². The van der Waals surface area contributed by atoms with E-state index in [4.69, 9.17) is 10.8 Å². The average molecular weight is 238 g/mol. The fourth-order valence-electron chi connectivity index (χ4n) is 1.90. The predicted molar refractivity (Wildman–Crippen MR) is 62.1 cm³/mol. The highest BCUT2D eigenvalue weighted by Crippen LogP contribution is 2.16. The van der Waals surface area contributed by atoms with Crippen LogP contribution in [0.5, 0.6) is 0 Å². The minimum atomic E-state index is -1.10. The Balaban J connectivity index is 2.34. The van der Waals surface area contributed by atoms with Gasteiger partial charge in [-0.1, -0.05) is 0 Å². The van der Waals surface area contributed by atoms with Gasteiger partial charge < -0.3 is 15.7 Å². The number of nitrogens with one attached hydrogen (secondary N) is 1. The molecule has 92 valence electrons. The maximum Gasteiger partial charge on any atom is 0.308 e. The lowest BCUT2D eigenvalue weighted by molar-refractivity contribution is -0.136. The van der Waals surface area contributed by atoms with Crippen LogP contribution in [-0.2, 0) is 11.2 Å². The van der Waals surface area contributed by atoms with Gasteiger partial charge in [0.05, 0.1) is 12.0 Å². The largest absolute Gasteiger partial charge is 0.481 e. The Morgan fingerprint density at radius 2 is 2.12 bits per heavy atom. The molecule has 0 aromatic carbocycles. The molecule has 0 amide bonds. The quantitative estimate of drug-likeness (QED) is 0.659.